The predicted octanol–water partition coefficient (Wildman–Crippen LogP) is 3.77. The normalized spacial score (nSPS) is 10.6. The summed E-state index contributed by atoms with van der Waals surface area (Å²) in [5.41, 5.74) is 0.983. The highest BCUT2D eigenvalue weighted by Crippen LogP contribution is 2.20. The van der Waals surface area contributed by atoms with Crippen LogP contribution in [0.5, 0.6) is 0 Å². The van der Waals surface area contributed by atoms with Gasteiger partial charge < -0.3 is 5.32 Å². The quantitative estimate of drug-likeness (QED) is 0.778. The summed E-state index contributed by atoms with van der Waals surface area (Å²) in [6, 6.07) is 11.6. The van der Waals surface area contributed by atoms with Crippen LogP contribution in [0, 0.1) is 11.6 Å². The minimum Gasteiger partial charge on any atom is -0.319 e. The molecule has 3 nitrogen and oxygen atoms in total. The number of fused-ring (bicyclic) bond motifs is 1. The Morgan fingerprint density at radius 3 is 2.71 bits per heavy atom. The molecular weight excluding hydrogens is 274 g/mol. The van der Waals surface area contributed by atoms with Gasteiger partial charge in [0.1, 0.15) is 11.6 Å². The van der Waals surface area contributed by atoms with Crippen molar-refractivity contribution < 1.29 is 13.6 Å². The maximum Gasteiger partial charge on any atom is 0.256 e. The lowest BCUT2D eigenvalue weighted by Crippen LogP contribution is -2.13. The second-order valence-electron chi connectivity index (χ2n) is 4.45. The number of anilines is 1. The summed E-state index contributed by atoms with van der Waals surface area (Å²) >= 11 is 0. The fourth-order valence-electron chi connectivity index (χ4n) is 2.08. The Balaban J connectivity index is 1.97. The number of benzene rings is 2. The molecule has 0 atom stereocenters. The first-order valence-corrected chi connectivity index (χ1v) is 6.25. The third kappa shape index (κ3) is 2.58. The van der Waals surface area contributed by atoms with Gasteiger partial charge in [0.25, 0.3) is 5.91 Å². The molecule has 104 valence electrons. The van der Waals surface area contributed by atoms with Crippen LogP contribution < -0.4 is 5.32 Å². The standard InChI is InChI=1S/C16H10F2N2O/c17-10-6-7-15(13(18)9-10)20-16(21)12-3-1-5-14-11(12)4-2-8-19-14/h1-9H,(H,20,21). The number of aromatic nitrogens is 1. The first kappa shape index (κ1) is 13.2. The maximum atomic E-state index is 13.6. The molecule has 1 heterocycles. The van der Waals surface area contributed by atoms with Crippen molar-refractivity contribution >= 4 is 22.5 Å². The summed E-state index contributed by atoms with van der Waals surface area (Å²) in [7, 11) is 0. The molecular formula is C16H10F2N2O. The SMILES string of the molecule is O=C(Nc1ccc(F)cc1F)c1cccc2ncccc12. The van der Waals surface area contributed by atoms with Gasteiger partial charge in [-0.1, -0.05) is 12.1 Å². The van der Waals surface area contributed by atoms with Crippen molar-refractivity contribution in [1.29, 1.82) is 0 Å². The monoisotopic (exact) mass is 284 g/mol. The van der Waals surface area contributed by atoms with Crippen LogP contribution in [-0.4, -0.2) is 10.9 Å². The van der Waals surface area contributed by atoms with Crippen LogP contribution in [-0.2, 0) is 0 Å². The van der Waals surface area contributed by atoms with E-state index in [-0.39, 0.29) is 5.69 Å². The number of halogens is 2. The van der Waals surface area contributed by atoms with Crippen LogP contribution in [0.4, 0.5) is 14.5 Å². The summed E-state index contributed by atoms with van der Waals surface area (Å²) < 4.78 is 26.4. The maximum absolute atomic E-state index is 13.6. The fraction of sp³-hybridized carbons (Fsp3) is 0. The summed E-state index contributed by atoms with van der Waals surface area (Å²) in [6.45, 7) is 0. The van der Waals surface area contributed by atoms with Crippen molar-refractivity contribution in [3.63, 3.8) is 0 Å². The number of nitrogens with one attached hydrogen (secondary N) is 1. The van der Waals surface area contributed by atoms with E-state index in [4.69, 9.17) is 0 Å². The van der Waals surface area contributed by atoms with E-state index < -0.39 is 17.5 Å². The number of nitrogens with zero attached hydrogens (tertiary/aromatic N) is 1. The Labute approximate surface area is 119 Å². The Bertz CT molecular complexity index is 828. The number of rotatable bonds is 2. The Hall–Kier alpha value is -2.82. The van der Waals surface area contributed by atoms with Gasteiger partial charge in [0, 0.05) is 23.2 Å². The van der Waals surface area contributed by atoms with Crippen molar-refractivity contribution in [3.8, 4) is 0 Å². The number of carbonyl (C=O) groups excluding carboxylic acids is 1. The van der Waals surface area contributed by atoms with E-state index in [1.807, 2.05) is 0 Å². The molecule has 0 radical (unpaired) electrons. The van der Waals surface area contributed by atoms with Gasteiger partial charge in [-0.3, -0.25) is 9.78 Å². The highest BCUT2D eigenvalue weighted by molar-refractivity contribution is 6.12. The van der Waals surface area contributed by atoms with Crippen molar-refractivity contribution in [3.05, 3.63) is 71.9 Å². The molecule has 1 amide bonds. The molecule has 2 aromatic carbocycles. The highest BCUT2D eigenvalue weighted by atomic mass is 19.1. The third-order valence-corrected chi connectivity index (χ3v) is 3.07. The Morgan fingerprint density at radius 1 is 1.05 bits per heavy atom. The fourth-order valence-corrected chi connectivity index (χ4v) is 2.08. The number of pyridine rings is 1. The molecule has 0 bridgehead atoms. The summed E-state index contributed by atoms with van der Waals surface area (Å²) in [5.74, 6) is -1.99. The van der Waals surface area contributed by atoms with Crippen LogP contribution in [0.1, 0.15) is 10.4 Å². The van der Waals surface area contributed by atoms with Gasteiger partial charge in [-0.15, -0.1) is 0 Å². The lowest BCUT2D eigenvalue weighted by Gasteiger charge is -2.08. The lowest BCUT2D eigenvalue weighted by molar-refractivity contribution is 0.102. The van der Waals surface area contributed by atoms with Crippen LogP contribution >= 0.6 is 0 Å². The van der Waals surface area contributed by atoms with Gasteiger partial charge in [0.2, 0.25) is 0 Å². The number of carbonyl (C=O) groups is 1. The number of hydrogen-bond donors (Lipinski definition) is 1. The van der Waals surface area contributed by atoms with E-state index >= 15 is 0 Å². The van der Waals surface area contributed by atoms with E-state index in [0.29, 0.717) is 16.5 Å². The highest BCUT2D eigenvalue weighted by Gasteiger charge is 2.12. The van der Waals surface area contributed by atoms with Crippen LogP contribution in [0.15, 0.2) is 54.7 Å². The van der Waals surface area contributed by atoms with Crippen molar-refractivity contribution in [2.75, 3.05) is 5.32 Å². The molecule has 0 aliphatic carbocycles. The van der Waals surface area contributed by atoms with E-state index in [1.165, 1.54) is 6.07 Å². The molecule has 0 spiro atoms. The molecule has 0 fully saturated rings. The molecule has 3 rings (SSSR count). The topological polar surface area (TPSA) is 42.0 Å². The lowest BCUT2D eigenvalue weighted by atomic mass is 10.1. The molecule has 1 aromatic heterocycles. The van der Waals surface area contributed by atoms with Gasteiger partial charge in [-0.25, -0.2) is 8.78 Å². The minimum atomic E-state index is -0.818. The number of amides is 1. The first-order valence-electron chi connectivity index (χ1n) is 6.25. The van der Waals surface area contributed by atoms with Crippen LogP contribution in [0.2, 0.25) is 0 Å². The third-order valence-electron chi connectivity index (χ3n) is 3.07. The summed E-state index contributed by atoms with van der Waals surface area (Å²) in [6.07, 6.45) is 1.63. The second kappa shape index (κ2) is 5.28. The van der Waals surface area contributed by atoms with E-state index in [2.05, 4.69) is 10.3 Å². The Kier molecular flexibility index (Phi) is 3.31. The zero-order valence-corrected chi connectivity index (χ0v) is 10.8. The first-order chi connectivity index (χ1) is 10.1. The molecule has 21 heavy (non-hydrogen) atoms. The summed E-state index contributed by atoms with van der Waals surface area (Å²) in [5, 5.41) is 3.10. The number of hydrogen-bond acceptors (Lipinski definition) is 2. The van der Waals surface area contributed by atoms with Gasteiger partial charge in [-0.2, -0.15) is 0 Å². The molecule has 3 aromatic rings. The van der Waals surface area contributed by atoms with Crippen molar-refractivity contribution in [2.45, 2.75) is 0 Å². The predicted molar refractivity (Wildman–Crippen MR) is 76.1 cm³/mol. The average Bonchev–Trinajstić information content (AvgIpc) is 2.49. The van der Waals surface area contributed by atoms with E-state index in [9.17, 15) is 13.6 Å². The molecule has 0 unspecified atom stereocenters. The molecule has 1 N–H and O–H groups in total. The van der Waals surface area contributed by atoms with Crippen LogP contribution in [0.25, 0.3) is 10.9 Å². The van der Waals surface area contributed by atoms with Gasteiger partial charge in [-0.05, 0) is 30.3 Å². The second-order valence-corrected chi connectivity index (χ2v) is 4.45. The zero-order valence-electron chi connectivity index (χ0n) is 10.8. The molecule has 0 saturated heterocycles. The molecule has 0 aliphatic rings. The molecule has 0 saturated carbocycles. The van der Waals surface area contributed by atoms with E-state index in [1.54, 1.807) is 36.5 Å². The van der Waals surface area contributed by atoms with Crippen molar-refractivity contribution in [2.24, 2.45) is 0 Å². The van der Waals surface area contributed by atoms with E-state index in [0.717, 1.165) is 12.1 Å². The smallest absolute Gasteiger partial charge is 0.256 e. The van der Waals surface area contributed by atoms with Gasteiger partial charge >= 0.3 is 0 Å². The zero-order chi connectivity index (χ0) is 14.8. The molecule has 0 aliphatic heterocycles. The molecule has 5 heteroatoms. The average molecular weight is 284 g/mol. The van der Waals surface area contributed by atoms with Gasteiger partial charge in [0.15, 0.2) is 0 Å². The summed E-state index contributed by atoms with van der Waals surface area (Å²) in [4.78, 5) is 16.4. The largest absolute Gasteiger partial charge is 0.319 e. The van der Waals surface area contributed by atoms with Crippen molar-refractivity contribution in [1.82, 2.24) is 4.98 Å². The van der Waals surface area contributed by atoms with Crippen LogP contribution in [0.3, 0.4) is 0 Å². The Morgan fingerprint density at radius 2 is 1.90 bits per heavy atom. The minimum absolute atomic E-state index is 0.0673. The van der Waals surface area contributed by atoms with Gasteiger partial charge in [0.05, 0.1) is 11.2 Å².